The van der Waals surface area contributed by atoms with E-state index < -0.39 is 5.69 Å². The summed E-state index contributed by atoms with van der Waals surface area (Å²) in [6, 6.07) is 19.0. The molecule has 5 heteroatoms. The molecule has 5 nitrogen and oxygen atoms in total. The summed E-state index contributed by atoms with van der Waals surface area (Å²) < 4.78 is 2.72. The Morgan fingerprint density at radius 2 is 1.43 bits per heavy atom. The number of benzene rings is 2. The fourth-order valence-corrected chi connectivity index (χ4v) is 4.06. The number of aromatic hydroxyl groups is 1. The van der Waals surface area contributed by atoms with Gasteiger partial charge >= 0.3 is 5.69 Å². The van der Waals surface area contributed by atoms with Gasteiger partial charge in [-0.15, -0.1) is 0 Å². The van der Waals surface area contributed by atoms with Gasteiger partial charge in [0.15, 0.2) is 0 Å². The standard InChI is InChI=1S/C23H24N2O3/c26-21-20(15-17-9-3-1-4-10-17)22(27)25(19-13-7-8-14-19)23(28)24(21)16-18-11-5-2-6-12-18/h1-6,9-12,19,26H,7-8,13-16H2. The average molecular weight is 376 g/mol. The molecular weight excluding hydrogens is 352 g/mol. The summed E-state index contributed by atoms with van der Waals surface area (Å²) in [4.78, 5) is 26.4. The number of nitrogens with zero attached hydrogens (tertiary/aromatic N) is 2. The largest absolute Gasteiger partial charge is 0.494 e. The van der Waals surface area contributed by atoms with Gasteiger partial charge in [0, 0.05) is 12.5 Å². The fraction of sp³-hybridized carbons (Fsp3) is 0.304. The van der Waals surface area contributed by atoms with Crippen molar-refractivity contribution >= 4 is 0 Å². The van der Waals surface area contributed by atoms with Crippen LogP contribution in [0.4, 0.5) is 0 Å². The van der Waals surface area contributed by atoms with E-state index in [0.717, 1.165) is 36.8 Å². The van der Waals surface area contributed by atoms with E-state index in [0.29, 0.717) is 6.42 Å². The van der Waals surface area contributed by atoms with Crippen LogP contribution in [0.3, 0.4) is 0 Å². The van der Waals surface area contributed by atoms with E-state index in [2.05, 4.69) is 0 Å². The van der Waals surface area contributed by atoms with E-state index in [-0.39, 0.29) is 29.6 Å². The van der Waals surface area contributed by atoms with Crippen LogP contribution in [0.5, 0.6) is 5.88 Å². The van der Waals surface area contributed by atoms with Crippen LogP contribution in [0, 0.1) is 0 Å². The molecule has 1 heterocycles. The molecule has 0 spiro atoms. The molecule has 0 atom stereocenters. The van der Waals surface area contributed by atoms with Crippen LogP contribution in [0.15, 0.2) is 70.3 Å². The van der Waals surface area contributed by atoms with E-state index >= 15 is 0 Å². The molecule has 1 fully saturated rings. The van der Waals surface area contributed by atoms with Gasteiger partial charge in [0.05, 0.1) is 12.1 Å². The molecule has 0 unspecified atom stereocenters. The lowest BCUT2D eigenvalue weighted by Crippen LogP contribution is -2.43. The number of rotatable bonds is 5. The molecule has 1 aliphatic rings. The summed E-state index contributed by atoms with van der Waals surface area (Å²) in [5, 5.41) is 10.9. The van der Waals surface area contributed by atoms with Crippen molar-refractivity contribution in [3.8, 4) is 5.88 Å². The molecule has 1 aromatic heterocycles. The van der Waals surface area contributed by atoms with Crippen LogP contribution in [-0.4, -0.2) is 14.2 Å². The molecule has 28 heavy (non-hydrogen) atoms. The molecule has 1 N–H and O–H groups in total. The molecule has 3 aromatic rings. The van der Waals surface area contributed by atoms with E-state index in [1.165, 1.54) is 9.13 Å². The number of hydrogen-bond acceptors (Lipinski definition) is 3. The first-order valence-corrected chi connectivity index (χ1v) is 9.80. The van der Waals surface area contributed by atoms with E-state index in [1.54, 1.807) is 0 Å². The first-order chi connectivity index (χ1) is 13.6. The highest BCUT2D eigenvalue weighted by molar-refractivity contribution is 5.32. The van der Waals surface area contributed by atoms with E-state index in [9.17, 15) is 14.7 Å². The second-order valence-corrected chi connectivity index (χ2v) is 7.43. The highest BCUT2D eigenvalue weighted by Gasteiger charge is 2.26. The maximum Gasteiger partial charge on any atom is 0.334 e. The van der Waals surface area contributed by atoms with Crippen LogP contribution < -0.4 is 11.2 Å². The second kappa shape index (κ2) is 7.89. The molecule has 1 saturated carbocycles. The first-order valence-electron chi connectivity index (χ1n) is 9.80. The second-order valence-electron chi connectivity index (χ2n) is 7.43. The van der Waals surface area contributed by atoms with Gasteiger partial charge in [0.25, 0.3) is 5.56 Å². The Balaban J connectivity index is 1.87. The predicted octanol–water partition coefficient (Wildman–Crippen LogP) is 3.47. The van der Waals surface area contributed by atoms with Crippen molar-refractivity contribution in [3.05, 3.63) is 98.2 Å². The quantitative estimate of drug-likeness (QED) is 0.742. The molecule has 1 aliphatic carbocycles. The summed E-state index contributed by atoms with van der Waals surface area (Å²) in [6.45, 7) is 0.236. The van der Waals surface area contributed by atoms with Crippen LogP contribution in [0.1, 0.15) is 48.4 Å². The third kappa shape index (κ3) is 3.52. The van der Waals surface area contributed by atoms with Crippen molar-refractivity contribution in [2.45, 2.75) is 44.7 Å². The Hall–Kier alpha value is -3.08. The maximum absolute atomic E-state index is 13.2. The highest BCUT2D eigenvalue weighted by atomic mass is 16.3. The zero-order valence-corrected chi connectivity index (χ0v) is 15.8. The molecular formula is C23H24N2O3. The van der Waals surface area contributed by atoms with Gasteiger partial charge in [0.2, 0.25) is 5.88 Å². The van der Waals surface area contributed by atoms with Crippen molar-refractivity contribution in [2.75, 3.05) is 0 Å². The third-order valence-electron chi connectivity index (χ3n) is 5.54. The minimum absolute atomic E-state index is 0.0860. The highest BCUT2D eigenvalue weighted by Crippen LogP contribution is 2.28. The van der Waals surface area contributed by atoms with Gasteiger partial charge in [-0.25, -0.2) is 4.79 Å². The van der Waals surface area contributed by atoms with Crippen LogP contribution in [0.2, 0.25) is 0 Å². The monoisotopic (exact) mass is 376 g/mol. The zero-order chi connectivity index (χ0) is 19.5. The fourth-order valence-electron chi connectivity index (χ4n) is 4.06. The van der Waals surface area contributed by atoms with Crippen LogP contribution in [-0.2, 0) is 13.0 Å². The lowest BCUT2D eigenvalue weighted by atomic mass is 10.1. The summed E-state index contributed by atoms with van der Waals surface area (Å²) >= 11 is 0. The number of hydrogen-bond donors (Lipinski definition) is 1. The third-order valence-corrected chi connectivity index (χ3v) is 5.54. The van der Waals surface area contributed by atoms with Crippen LogP contribution in [0.25, 0.3) is 0 Å². The van der Waals surface area contributed by atoms with E-state index in [4.69, 9.17) is 0 Å². The minimum atomic E-state index is -0.421. The Morgan fingerprint density at radius 1 is 0.857 bits per heavy atom. The summed E-state index contributed by atoms with van der Waals surface area (Å²) in [5.74, 6) is -0.225. The average Bonchev–Trinajstić information content (AvgIpc) is 3.24. The van der Waals surface area contributed by atoms with Crippen molar-refractivity contribution in [2.24, 2.45) is 0 Å². The SMILES string of the molecule is O=c1c(Cc2ccccc2)c(O)n(Cc2ccccc2)c(=O)n1C1CCCC1. The van der Waals surface area contributed by atoms with Crippen molar-refractivity contribution in [1.82, 2.24) is 9.13 Å². The van der Waals surface area contributed by atoms with Gasteiger partial charge in [0.1, 0.15) is 0 Å². The summed E-state index contributed by atoms with van der Waals surface area (Å²) in [7, 11) is 0. The van der Waals surface area contributed by atoms with Gasteiger partial charge in [-0.3, -0.25) is 13.9 Å². The first kappa shape index (κ1) is 18.3. The van der Waals surface area contributed by atoms with Crippen molar-refractivity contribution in [1.29, 1.82) is 0 Å². The summed E-state index contributed by atoms with van der Waals surface area (Å²) in [6.07, 6.45) is 3.99. The number of aromatic nitrogens is 2. The molecule has 0 aliphatic heterocycles. The molecule has 4 rings (SSSR count). The Kier molecular flexibility index (Phi) is 5.15. The minimum Gasteiger partial charge on any atom is -0.494 e. The zero-order valence-electron chi connectivity index (χ0n) is 15.8. The predicted molar refractivity (Wildman–Crippen MR) is 109 cm³/mol. The molecule has 2 aromatic carbocycles. The van der Waals surface area contributed by atoms with Gasteiger partial charge < -0.3 is 5.11 Å². The van der Waals surface area contributed by atoms with Gasteiger partial charge in [-0.05, 0) is 24.0 Å². The molecule has 0 radical (unpaired) electrons. The smallest absolute Gasteiger partial charge is 0.334 e. The molecule has 144 valence electrons. The molecule has 0 saturated heterocycles. The van der Waals surface area contributed by atoms with Gasteiger partial charge in [-0.1, -0.05) is 73.5 Å². The van der Waals surface area contributed by atoms with E-state index in [1.807, 2.05) is 60.7 Å². The topological polar surface area (TPSA) is 64.2 Å². The Bertz CT molecular complexity index is 986. The Labute approximate surface area is 163 Å². The molecule has 0 bridgehead atoms. The summed E-state index contributed by atoms with van der Waals surface area (Å²) in [5.41, 5.74) is 1.34. The van der Waals surface area contributed by atoms with Crippen molar-refractivity contribution in [3.63, 3.8) is 0 Å². The molecule has 0 amide bonds. The van der Waals surface area contributed by atoms with Crippen LogP contribution >= 0.6 is 0 Å². The maximum atomic E-state index is 13.2. The Morgan fingerprint density at radius 3 is 2.04 bits per heavy atom. The lowest BCUT2D eigenvalue weighted by molar-refractivity contribution is 0.375. The van der Waals surface area contributed by atoms with Gasteiger partial charge in [-0.2, -0.15) is 0 Å². The normalized spacial score (nSPS) is 14.4. The lowest BCUT2D eigenvalue weighted by Gasteiger charge is -2.19. The van der Waals surface area contributed by atoms with Crippen molar-refractivity contribution < 1.29 is 5.11 Å².